The van der Waals surface area contributed by atoms with Gasteiger partial charge < -0.3 is 10.0 Å². The number of tetrazole rings is 1. The van der Waals surface area contributed by atoms with Crippen molar-refractivity contribution in [3.05, 3.63) is 6.33 Å². The third-order valence-electron chi connectivity index (χ3n) is 3.02. The molecule has 0 bridgehead atoms. The van der Waals surface area contributed by atoms with Gasteiger partial charge in [0.15, 0.2) is 0 Å². The molecule has 0 radical (unpaired) electrons. The van der Waals surface area contributed by atoms with Gasteiger partial charge in [-0.2, -0.15) is 0 Å². The van der Waals surface area contributed by atoms with Crippen molar-refractivity contribution in [1.82, 2.24) is 30.0 Å². The average Bonchev–Trinajstić information content (AvgIpc) is 2.80. The summed E-state index contributed by atoms with van der Waals surface area (Å²) >= 11 is 0. The van der Waals surface area contributed by atoms with Gasteiger partial charge in [0.2, 0.25) is 5.91 Å². The van der Waals surface area contributed by atoms with Crippen LogP contribution < -0.4 is 0 Å². The van der Waals surface area contributed by atoms with Gasteiger partial charge in [0.25, 0.3) is 0 Å². The molecule has 1 saturated heterocycles. The molecule has 8 nitrogen and oxygen atoms in total. The van der Waals surface area contributed by atoms with Gasteiger partial charge in [-0.15, -0.1) is 5.10 Å². The van der Waals surface area contributed by atoms with E-state index >= 15 is 0 Å². The monoisotopic (exact) mass is 268 g/mol. The first-order valence-corrected chi connectivity index (χ1v) is 6.37. The maximum atomic E-state index is 12.0. The molecule has 1 aliphatic rings. The number of nitrogens with zero attached hydrogens (tertiary/aromatic N) is 6. The number of hydrogen-bond acceptors (Lipinski definition) is 6. The van der Waals surface area contributed by atoms with Crippen molar-refractivity contribution >= 4 is 5.91 Å². The molecule has 0 atom stereocenters. The first-order chi connectivity index (χ1) is 8.94. The molecule has 2 rings (SSSR count). The predicted octanol–water partition coefficient (Wildman–Crippen LogP) is -1.41. The fourth-order valence-corrected chi connectivity index (χ4v) is 2.19. The molecule has 8 heteroatoms. The van der Waals surface area contributed by atoms with Gasteiger partial charge in [-0.3, -0.25) is 9.69 Å². The van der Waals surface area contributed by atoms with Crippen LogP contribution in [0.3, 0.4) is 0 Å². The number of amides is 1. The highest BCUT2D eigenvalue weighted by molar-refractivity contribution is 5.75. The van der Waals surface area contributed by atoms with Crippen molar-refractivity contribution in [2.45, 2.75) is 26.0 Å². The lowest BCUT2D eigenvalue weighted by atomic mass is 10.1. The second-order valence-electron chi connectivity index (χ2n) is 5.48. The molecular formula is C11H20N6O2. The van der Waals surface area contributed by atoms with Crippen LogP contribution in [0.2, 0.25) is 0 Å². The Morgan fingerprint density at radius 1 is 1.32 bits per heavy atom. The van der Waals surface area contributed by atoms with Gasteiger partial charge in [-0.25, -0.2) is 4.68 Å². The lowest BCUT2D eigenvalue weighted by Gasteiger charge is -2.37. The van der Waals surface area contributed by atoms with Crippen molar-refractivity contribution in [3.63, 3.8) is 0 Å². The molecule has 19 heavy (non-hydrogen) atoms. The first kappa shape index (κ1) is 13.9. The fraction of sp³-hybridized carbons (Fsp3) is 0.818. The van der Waals surface area contributed by atoms with Crippen LogP contribution in [0.1, 0.15) is 13.8 Å². The summed E-state index contributed by atoms with van der Waals surface area (Å²) in [5.41, 5.74) is -0.696. The van der Waals surface area contributed by atoms with E-state index in [9.17, 15) is 9.90 Å². The molecule has 0 aromatic carbocycles. The number of β-amino-alcohol motifs (C(OH)–C–C–N with tert-alkyl or cyclic N) is 1. The van der Waals surface area contributed by atoms with Crippen LogP contribution in [0.5, 0.6) is 0 Å². The minimum absolute atomic E-state index is 0.0233. The van der Waals surface area contributed by atoms with E-state index in [-0.39, 0.29) is 12.5 Å². The number of carbonyl (C=O) groups excluding carboxylic acids is 1. The van der Waals surface area contributed by atoms with E-state index in [1.54, 1.807) is 13.8 Å². The highest BCUT2D eigenvalue weighted by atomic mass is 16.3. The largest absolute Gasteiger partial charge is 0.389 e. The van der Waals surface area contributed by atoms with Crippen LogP contribution >= 0.6 is 0 Å². The normalized spacial score (nSPS) is 17.7. The minimum atomic E-state index is -0.696. The topological polar surface area (TPSA) is 87.4 Å². The van der Waals surface area contributed by atoms with E-state index in [0.717, 1.165) is 13.1 Å². The molecule has 1 aliphatic heterocycles. The quantitative estimate of drug-likeness (QED) is 0.722. The second-order valence-corrected chi connectivity index (χ2v) is 5.48. The van der Waals surface area contributed by atoms with E-state index < -0.39 is 5.60 Å². The Bertz CT molecular complexity index is 405. The Balaban J connectivity index is 1.78. The highest BCUT2D eigenvalue weighted by Crippen LogP contribution is 2.09. The number of aromatic nitrogens is 4. The summed E-state index contributed by atoms with van der Waals surface area (Å²) < 4.78 is 1.42. The van der Waals surface area contributed by atoms with Crippen LogP contribution in [0.25, 0.3) is 0 Å². The Morgan fingerprint density at radius 3 is 2.53 bits per heavy atom. The van der Waals surface area contributed by atoms with Crippen LogP contribution in [-0.2, 0) is 11.3 Å². The van der Waals surface area contributed by atoms with E-state index in [0.29, 0.717) is 19.6 Å². The standard InChI is InChI=1S/C11H20N6O2/c1-11(2,19)8-15-3-5-16(6-4-15)10(18)7-17-9-12-13-14-17/h9,19H,3-8H2,1-2H3. The van der Waals surface area contributed by atoms with Crippen LogP contribution in [-0.4, -0.2) is 79.3 Å². The van der Waals surface area contributed by atoms with E-state index in [4.69, 9.17) is 0 Å². The number of rotatable bonds is 4. The van der Waals surface area contributed by atoms with Crippen molar-refractivity contribution in [2.75, 3.05) is 32.7 Å². The van der Waals surface area contributed by atoms with Crippen molar-refractivity contribution < 1.29 is 9.90 Å². The summed E-state index contributed by atoms with van der Waals surface area (Å²) in [6.07, 6.45) is 1.43. The average molecular weight is 268 g/mol. The van der Waals surface area contributed by atoms with E-state index in [2.05, 4.69) is 20.4 Å². The molecule has 0 spiro atoms. The van der Waals surface area contributed by atoms with Crippen molar-refractivity contribution in [1.29, 1.82) is 0 Å². The minimum Gasteiger partial charge on any atom is -0.389 e. The zero-order valence-electron chi connectivity index (χ0n) is 11.4. The van der Waals surface area contributed by atoms with Gasteiger partial charge in [0.1, 0.15) is 12.9 Å². The highest BCUT2D eigenvalue weighted by Gasteiger charge is 2.25. The summed E-state index contributed by atoms with van der Waals surface area (Å²) in [5.74, 6) is 0.0233. The smallest absolute Gasteiger partial charge is 0.244 e. The molecule has 1 aromatic heterocycles. The zero-order valence-corrected chi connectivity index (χ0v) is 11.4. The molecule has 0 unspecified atom stereocenters. The summed E-state index contributed by atoms with van der Waals surface area (Å²) in [7, 11) is 0. The maximum absolute atomic E-state index is 12.0. The van der Waals surface area contributed by atoms with Crippen molar-refractivity contribution in [3.8, 4) is 0 Å². The number of hydrogen-bond donors (Lipinski definition) is 1. The fourth-order valence-electron chi connectivity index (χ4n) is 2.19. The van der Waals surface area contributed by atoms with Crippen molar-refractivity contribution in [2.24, 2.45) is 0 Å². The summed E-state index contributed by atoms with van der Waals surface area (Å²) in [5, 5.41) is 20.4. The third-order valence-corrected chi connectivity index (χ3v) is 3.02. The molecular weight excluding hydrogens is 248 g/mol. The summed E-state index contributed by atoms with van der Waals surface area (Å²) in [6.45, 7) is 7.32. The van der Waals surface area contributed by atoms with Gasteiger partial charge in [-0.1, -0.05) is 0 Å². The Labute approximate surface area is 112 Å². The first-order valence-electron chi connectivity index (χ1n) is 6.37. The molecule has 2 heterocycles. The molecule has 1 amide bonds. The van der Waals surface area contributed by atoms with Crippen LogP contribution in [0, 0.1) is 0 Å². The van der Waals surface area contributed by atoms with Gasteiger partial charge in [-0.05, 0) is 24.3 Å². The SMILES string of the molecule is CC(C)(O)CN1CCN(C(=O)Cn2cnnn2)CC1. The molecule has 106 valence electrons. The van der Waals surface area contributed by atoms with Gasteiger partial charge >= 0.3 is 0 Å². The van der Waals surface area contributed by atoms with Gasteiger partial charge in [0.05, 0.1) is 5.60 Å². The van der Waals surface area contributed by atoms with Gasteiger partial charge in [0, 0.05) is 32.7 Å². The molecule has 1 aromatic rings. The molecule has 1 N–H and O–H groups in total. The number of aliphatic hydroxyl groups is 1. The third kappa shape index (κ3) is 4.25. The Kier molecular flexibility index (Phi) is 4.11. The lowest BCUT2D eigenvalue weighted by Crippen LogP contribution is -2.52. The van der Waals surface area contributed by atoms with E-state index in [1.807, 2.05) is 4.90 Å². The Hall–Kier alpha value is -1.54. The summed E-state index contributed by atoms with van der Waals surface area (Å²) in [4.78, 5) is 16.0. The zero-order chi connectivity index (χ0) is 13.9. The van der Waals surface area contributed by atoms with E-state index in [1.165, 1.54) is 11.0 Å². The predicted molar refractivity (Wildman–Crippen MR) is 67.1 cm³/mol. The molecule has 0 aliphatic carbocycles. The number of piperazine rings is 1. The summed E-state index contributed by atoms with van der Waals surface area (Å²) in [6, 6.07) is 0. The molecule has 0 saturated carbocycles. The lowest BCUT2D eigenvalue weighted by molar-refractivity contribution is -0.134. The maximum Gasteiger partial charge on any atom is 0.244 e. The van der Waals surface area contributed by atoms with Crippen LogP contribution in [0.4, 0.5) is 0 Å². The molecule has 1 fully saturated rings. The second kappa shape index (κ2) is 5.62. The number of carbonyl (C=O) groups is 1. The van der Waals surface area contributed by atoms with Crippen LogP contribution in [0.15, 0.2) is 6.33 Å². The Morgan fingerprint density at radius 2 is 2.00 bits per heavy atom.